The molecule has 2 N–H and O–H groups in total. The first-order valence-corrected chi connectivity index (χ1v) is 7.14. The van der Waals surface area contributed by atoms with E-state index in [0.717, 1.165) is 17.2 Å². The number of furan rings is 1. The van der Waals surface area contributed by atoms with Gasteiger partial charge in [0.2, 0.25) is 0 Å². The molecule has 6 nitrogen and oxygen atoms in total. The van der Waals surface area contributed by atoms with Gasteiger partial charge in [-0.05, 0) is 25.1 Å². The molecule has 0 aliphatic heterocycles. The van der Waals surface area contributed by atoms with Crippen LogP contribution in [-0.2, 0) is 6.54 Å². The maximum Gasteiger partial charge on any atom is 0.339 e. The lowest BCUT2D eigenvalue weighted by Gasteiger charge is -2.06. The average Bonchev–Trinajstić information content (AvgIpc) is 3.04. The van der Waals surface area contributed by atoms with E-state index >= 15 is 0 Å². The van der Waals surface area contributed by atoms with Crippen LogP contribution in [0.15, 0.2) is 22.6 Å². The van der Waals surface area contributed by atoms with Gasteiger partial charge >= 0.3 is 5.97 Å². The maximum atomic E-state index is 11.0. The van der Waals surface area contributed by atoms with Crippen molar-refractivity contribution in [2.24, 2.45) is 0 Å². The fourth-order valence-electron chi connectivity index (χ4n) is 2.01. The molecular weight excluding hydrogens is 314 g/mol. The van der Waals surface area contributed by atoms with Crippen molar-refractivity contribution in [3.05, 3.63) is 40.3 Å². The highest BCUT2D eigenvalue weighted by atomic mass is 35.5. The van der Waals surface area contributed by atoms with Gasteiger partial charge in [-0.1, -0.05) is 11.6 Å². The Kier molecular flexibility index (Phi) is 3.52. The molecule has 2 heterocycles. The fourth-order valence-corrected chi connectivity index (χ4v) is 2.78. The Morgan fingerprint density at radius 2 is 2.29 bits per heavy atom. The van der Waals surface area contributed by atoms with Crippen LogP contribution >= 0.6 is 23.3 Å². The van der Waals surface area contributed by atoms with Crippen molar-refractivity contribution >= 4 is 46.0 Å². The Labute approximate surface area is 128 Å². The molecule has 8 heteroatoms. The third kappa shape index (κ3) is 2.57. The monoisotopic (exact) mass is 323 g/mol. The molecular formula is C13H10ClN3O3S. The quantitative estimate of drug-likeness (QED) is 0.763. The normalized spacial score (nSPS) is 11.0. The lowest BCUT2D eigenvalue weighted by molar-refractivity contribution is 0.0695. The SMILES string of the molecule is Cc1oc(CNc2c(Cl)ccc3nsnc23)cc1C(=O)O. The molecule has 3 rings (SSSR count). The van der Waals surface area contributed by atoms with Crippen LogP contribution in [0, 0.1) is 6.92 Å². The van der Waals surface area contributed by atoms with Gasteiger partial charge in [0.15, 0.2) is 0 Å². The summed E-state index contributed by atoms with van der Waals surface area (Å²) in [4.78, 5) is 11.0. The number of benzene rings is 1. The van der Waals surface area contributed by atoms with Crippen molar-refractivity contribution in [1.29, 1.82) is 0 Å². The van der Waals surface area contributed by atoms with Crippen LogP contribution in [0.5, 0.6) is 0 Å². The molecule has 3 aromatic rings. The van der Waals surface area contributed by atoms with Crippen molar-refractivity contribution in [2.75, 3.05) is 5.32 Å². The van der Waals surface area contributed by atoms with E-state index < -0.39 is 5.97 Å². The van der Waals surface area contributed by atoms with Gasteiger partial charge in [0.25, 0.3) is 0 Å². The standard InChI is InChI=1S/C13H10ClN3O3S/c1-6-8(13(18)19)4-7(20-6)5-15-11-9(14)2-3-10-12(11)17-21-16-10/h2-4,15H,5H2,1H3,(H,18,19). The largest absolute Gasteiger partial charge is 0.478 e. The van der Waals surface area contributed by atoms with Crippen LogP contribution in [0.1, 0.15) is 21.9 Å². The van der Waals surface area contributed by atoms with Crippen molar-refractivity contribution in [2.45, 2.75) is 13.5 Å². The van der Waals surface area contributed by atoms with Crippen LogP contribution in [0.3, 0.4) is 0 Å². The zero-order valence-electron chi connectivity index (χ0n) is 10.9. The minimum absolute atomic E-state index is 0.159. The Morgan fingerprint density at radius 1 is 1.48 bits per heavy atom. The Balaban J connectivity index is 1.86. The number of halogens is 1. The summed E-state index contributed by atoms with van der Waals surface area (Å²) in [6, 6.07) is 5.04. The highest BCUT2D eigenvalue weighted by Crippen LogP contribution is 2.30. The minimum Gasteiger partial charge on any atom is -0.478 e. The Hall–Kier alpha value is -2.12. The Morgan fingerprint density at radius 3 is 3.00 bits per heavy atom. The second-order valence-electron chi connectivity index (χ2n) is 4.40. The first-order chi connectivity index (χ1) is 10.1. The van der Waals surface area contributed by atoms with Crippen molar-refractivity contribution in [3.63, 3.8) is 0 Å². The molecule has 1 aromatic carbocycles. The average molecular weight is 324 g/mol. The number of carboxylic acid groups (broad SMARTS) is 1. The number of anilines is 1. The highest BCUT2D eigenvalue weighted by Gasteiger charge is 2.15. The van der Waals surface area contributed by atoms with E-state index in [9.17, 15) is 4.79 Å². The van der Waals surface area contributed by atoms with Gasteiger partial charge in [-0.15, -0.1) is 0 Å². The third-order valence-corrected chi connectivity index (χ3v) is 3.87. The molecule has 108 valence electrons. The molecule has 0 atom stereocenters. The van der Waals surface area contributed by atoms with Gasteiger partial charge in [0.05, 0.1) is 29.0 Å². The smallest absolute Gasteiger partial charge is 0.339 e. The molecule has 0 unspecified atom stereocenters. The first kappa shape index (κ1) is 13.8. The van der Waals surface area contributed by atoms with Gasteiger partial charge in [0.1, 0.15) is 28.1 Å². The molecule has 21 heavy (non-hydrogen) atoms. The summed E-state index contributed by atoms with van der Waals surface area (Å²) in [5.41, 5.74) is 2.27. The van der Waals surface area contributed by atoms with Crippen LogP contribution in [-0.4, -0.2) is 19.8 Å². The summed E-state index contributed by atoms with van der Waals surface area (Å²) in [7, 11) is 0. The number of aromatic nitrogens is 2. The van der Waals surface area contributed by atoms with Gasteiger partial charge in [-0.2, -0.15) is 8.75 Å². The summed E-state index contributed by atoms with van der Waals surface area (Å²) in [6.45, 7) is 1.93. The van der Waals surface area contributed by atoms with Crippen molar-refractivity contribution < 1.29 is 14.3 Å². The number of nitrogens with one attached hydrogen (secondary N) is 1. The number of nitrogens with zero attached hydrogens (tertiary/aromatic N) is 2. The van der Waals surface area contributed by atoms with Gasteiger partial charge in [-0.25, -0.2) is 4.79 Å². The second-order valence-corrected chi connectivity index (χ2v) is 5.33. The van der Waals surface area contributed by atoms with Crippen LogP contribution < -0.4 is 5.32 Å². The van der Waals surface area contributed by atoms with E-state index in [1.807, 2.05) is 0 Å². The number of aromatic carboxylic acids is 1. The predicted molar refractivity (Wildman–Crippen MR) is 80.2 cm³/mol. The summed E-state index contributed by atoms with van der Waals surface area (Å²) in [5.74, 6) is -0.119. The number of hydrogen-bond donors (Lipinski definition) is 2. The van der Waals surface area contributed by atoms with Gasteiger partial charge < -0.3 is 14.8 Å². The number of hydrogen-bond acceptors (Lipinski definition) is 6. The zero-order chi connectivity index (χ0) is 15.0. The predicted octanol–water partition coefficient (Wildman–Crippen LogP) is 3.56. The van der Waals surface area contributed by atoms with Gasteiger partial charge in [-0.3, -0.25) is 0 Å². The lowest BCUT2D eigenvalue weighted by Crippen LogP contribution is -2.00. The van der Waals surface area contributed by atoms with E-state index in [1.54, 1.807) is 19.1 Å². The molecule has 0 spiro atoms. The third-order valence-electron chi connectivity index (χ3n) is 3.02. The van der Waals surface area contributed by atoms with E-state index in [-0.39, 0.29) is 5.56 Å². The van der Waals surface area contributed by atoms with Crippen LogP contribution in [0.25, 0.3) is 11.0 Å². The second kappa shape index (κ2) is 5.34. The molecule has 0 amide bonds. The highest BCUT2D eigenvalue weighted by molar-refractivity contribution is 7.00. The molecule has 0 fully saturated rings. The number of aryl methyl sites for hydroxylation is 1. The van der Waals surface area contributed by atoms with E-state index in [1.165, 1.54) is 6.07 Å². The molecule has 0 aliphatic carbocycles. The Bertz CT molecular complexity index is 827. The fraction of sp³-hybridized carbons (Fsp3) is 0.154. The van der Waals surface area contributed by atoms with E-state index in [0.29, 0.717) is 34.3 Å². The van der Waals surface area contributed by atoms with Crippen LogP contribution in [0.2, 0.25) is 5.02 Å². The van der Waals surface area contributed by atoms with Gasteiger partial charge in [0, 0.05) is 0 Å². The molecule has 2 aromatic heterocycles. The summed E-state index contributed by atoms with van der Waals surface area (Å²) in [5, 5.41) is 12.7. The number of rotatable bonds is 4. The topological polar surface area (TPSA) is 88.3 Å². The first-order valence-electron chi connectivity index (χ1n) is 6.03. The number of carbonyl (C=O) groups is 1. The summed E-state index contributed by atoms with van der Waals surface area (Å²) in [6.07, 6.45) is 0. The molecule has 0 radical (unpaired) electrons. The number of fused-ring (bicyclic) bond motifs is 1. The minimum atomic E-state index is -1.01. The molecule has 0 saturated heterocycles. The molecule has 0 saturated carbocycles. The summed E-state index contributed by atoms with van der Waals surface area (Å²) >= 11 is 7.27. The molecule has 0 aliphatic rings. The van der Waals surface area contributed by atoms with E-state index in [4.69, 9.17) is 21.1 Å². The van der Waals surface area contributed by atoms with Crippen molar-refractivity contribution in [1.82, 2.24) is 8.75 Å². The number of carboxylic acids is 1. The van der Waals surface area contributed by atoms with E-state index in [2.05, 4.69) is 14.1 Å². The van der Waals surface area contributed by atoms with Crippen molar-refractivity contribution in [3.8, 4) is 0 Å². The van der Waals surface area contributed by atoms with Crippen LogP contribution in [0.4, 0.5) is 5.69 Å². The summed E-state index contributed by atoms with van der Waals surface area (Å²) < 4.78 is 13.8. The maximum absolute atomic E-state index is 11.0. The molecule has 0 bridgehead atoms. The zero-order valence-corrected chi connectivity index (χ0v) is 12.5. The lowest BCUT2D eigenvalue weighted by atomic mass is 10.2.